The van der Waals surface area contributed by atoms with Crippen molar-refractivity contribution in [1.29, 1.82) is 0 Å². The van der Waals surface area contributed by atoms with Crippen molar-refractivity contribution in [3.05, 3.63) is 56.2 Å². The van der Waals surface area contributed by atoms with Crippen LogP contribution in [0.25, 0.3) is 0 Å². The number of benzene rings is 2. The molecule has 1 unspecified atom stereocenters. The SMILES string of the molecule is CC(Nc1c(Cl)cc(Br)cc1Cl)c1ccc(O)cc1F. The third-order valence-corrected chi connectivity index (χ3v) is 3.87. The molecule has 2 aromatic rings. The molecular weight excluding hydrogens is 368 g/mol. The summed E-state index contributed by atoms with van der Waals surface area (Å²) in [6.07, 6.45) is 0. The lowest BCUT2D eigenvalue weighted by molar-refractivity contribution is 0.467. The van der Waals surface area contributed by atoms with Gasteiger partial charge in [0.2, 0.25) is 0 Å². The normalized spacial score (nSPS) is 12.2. The molecule has 1 atom stereocenters. The van der Waals surface area contributed by atoms with Gasteiger partial charge in [0.15, 0.2) is 0 Å². The highest BCUT2D eigenvalue weighted by molar-refractivity contribution is 9.10. The summed E-state index contributed by atoms with van der Waals surface area (Å²) in [5, 5.41) is 13.2. The third-order valence-electron chi connectivity index (χ3n) is 2.82. The fourth-order valence-electron chi connectivity index (χ4n) is 1.84. The predicted octanol–water partition coefficient (Wildman–Crippen LogP) is 5.77. The van der Waals surface area contributed by atoms with E-state index in [1.807, 2.05) is 0 Å². The van der Waals surface area contributed by atoms with Crippen LogP contribution in [0.1, 0.15) is 18.5 Å². The van der Waals surface area contributed by atoms with Crippen molar-refractivity contribution < 1.29 is 9.50 Å². The van der Waals surface area contributed by atoms with Crippen LogP contribution in [0.15, 0.2) is 34.8 Å². The molecule has 0 radical (unpaired) electrons. The highest BCUT2D eigenvalue weighted by Gasteiger charge is 2.15. The summed E-state index contributed by atoms with van der Waals surface area (Å²) < 4.78 is 14.6. The second-order valence-corrected chi connectivity index (χ2v) is 6.05. The quantitative estimate of drug-likeness (QED) is 0.710. The van der Waals surface area contributed by atoms with Gasteiger partial charge in [-0.05, 0) is 25.1 Å². The molecule has 20 heavy (non-hydrogen) atoms. The molecule has 0 amide bonds. The van der Waals surface area contributed by atoms with Crippen LogP contribution in [-0.4, -0.2) is 5.11 Å². The first-order valence-corrected chi connectivity index (χ1v) is 7.33. The number of phenols is 1. The van der Waals surface area contributed by atoms with Crippen LogP contribution >= 0.6 is 39.1 Å². The van der Waals surface area contributed by atoms with Gasteiger partial charge in [-0.1, -0.05) is 45.2 Å². The standard InChI is InChI=1S/C14H11BrCl2FNO/c1-7(10-3-2-9(20)6-13(10)18)19-14-11(16)4-8(15)5-12(14)17/h2-7,19-20H,1H3. The number of aromatic hydroxyl groups is 1. The predicted molar refractivity (Wildman–Crippen MR) is 84.3 cm³/mol. The first-order valence-electron chi connectivity index (χ1n) is 5.78. The molecule has 106 valence electrons. The van der Waals surface area contributed by atoms with Crippen LogP contribution in [0.2, 0.25) is 10.0 Å². The molecule has 0 bridgehead atoms. The molecule has 0 aliphatic heterocycles. The molecule has 0 saturated carbocycles. The van der Waals surface area contributed by atoms with Gasteiger partial charge in [0.25, 0.3) is 0 Å². The van der Waals surface area contributed by atoms with E-state index in [1.165, 1.54) is 12.1 Å². The Morgan fingerprint density at radius 1 is 1.20 bits per heavy atom. The molecule has 0 spiro atoms. The molecular formula is C14H11BrCl2FNO. The number of rotatable bonds is 3. The van der Waals surface area contributed by atoms with Crippen molar-refractivity contribution >= 4 is 44.8 Å². The van der Waals surface area contributed by atoms with E-state index < -0.39 is 5.82 Å². The zero-order valence-corrected chi connectivity index (χ0v) is 13.5. The monoisotopic (exact) mass is 377 g/mol. The van der Waals surface area contributed by atoms with E-state index in [4.69, 9.17) is 23.2 Å². The average Bonchev–Trinajstić information content (AvgIpc) is 2.33. The van der Waals surface area contributed by atoms with Crippen LogP contribution in [0.3, 0.4) is 0 Å². The van der Waals surface area contributed by atoms with Crippen molar-refractivity contribution in [2.45, 2.75) is 13.0 Å². The molecule has 6 heteroatoms. The maximum atomic E-state index is 13.8. The number of phenolic OH excluding ortho intramolecular Hbond substituents is 1. The van der Waals surface area contributed by atoms with E-state index in [0.717, 1.165) is 10.5 Å². The fraction of sp³-hybridized carbons (Fsp3) is 0.143. The molecule has 2 nitrogen and oxygen atoms in total. The Labute approximate surface area is 134 Å². The van der Waals surface area contributed by atoms with Gasteiger partial charge < -0.3 is 10.4 Å². The van der Waals surface area contributed by atoms with Crippen LogP contribution in [0.4, 0.5) is 10.1 Å². The maximum absolute atomic E-state index is 13.8. The molecule has 0 aliphatic carbocycles. The summed E-state index contributed by atoms with van der Waals surface area (Å²) in [5.74, 6) is -0.604. The van der Waals surface area contributed by atoms with Crippen LogP contribution in [0.5, 0.6) is 5.75 Å². The Kier molecular flexibility index (Phi) is 4.78. The largest absolute Gasteiger partial charge is 0.508 e. The van der Waals surface area contributed by atoms with Crippen molar-refractivity contribution in [2.24, 2.45) is 0 Å². The number of anilines is 1. The molecule has 0 aromatic heterocycles. The molecule has 2 N–H and O–H groups in total. The Hall–Kier alpha value is -0.970. The average molecular weight is 379 g/mol. The van der Waals surface area contributed by atoms with Crippen molar-refractivity contribution in [1.82, 2.24) is 0 Å². The summed E-state index contributed by atoms with van der Waals surface area (Å²) in [6.45, 7) is 1.78. The molecule has 2 rings (SSSR count). The number of halogens is 4. The Balaban J connectivity index is 2.30. The van der Waals surface area contributed by atoms with Gasteiger partial charge in [0.05, 0.1) is 21.8 Å². The second-order valence-electron chi connectivity index (χ2n) is 4.32. The topological polar surface area (TPSA) is 32.3 Å². The summed E-state index contributed by atoms with van der Waals surface area (Å²) in [6, 6.07) is 7.07. The lowest BCUT2D eigenvalue weighted by Crippen LogP contribution is -2.09. The van der Waals surface area contributed by atoms with Gasteiger partial charge in [-0.2, -0.15) is 0 Å². The minimum atomic E-state index is -0.491. The fourth-order valence-corrected chi connectivity index (χ4v) is 3.16. The van der Waals surface area contributed by atoms with E-state index in [0.29, 0.717) is 21.3 Å². The van der Waals surface area contributed by atoms with Gasteiger partial charge >= 0.3 is 0 Å². The minimum absolute atomic E-state index is 0.113. The highest BCUT2D eigenvalue weighted by atomic mass is 79.9. The lowest BCUT2D eigenvalue weighted by atomic mass is 10.1. The summed E-state index contributed by atoms with van der Waals surface area (Å²) in [4.78, 5) is 0. The minimum Gasteiger partial charge on any atom is -0.508 e. The van der Waals surface area contributed by atoms with Crippen molar-refractivity contribution in [2.75, 3.05) is 5.32 Å². The molecule has 0 heterocycles. The molecule has 0 aliphatic rings. The van der Waals surface area contributed by atoms with Gasteiger partial charge in [-0.25, -0.2) is 4.39 Å². The first-order chi connectivity index (χ1) is 9.38. The van der Waals surface area contributed by atoms with Gasteiger partial charge in [-0.3, -0.25) is 0 Å². The van der Waals surface area contributed by atoms with Crippen LogP contribution < -0.4 is 5.32 Å². The lowest BCUT2D eigenvalue weighted by Gasteiger charge is -2.18. The number of hydrogen-bond donors (Lipinski definition) is 2. The first kappa shape index (κ1) is 15.4. The number of hydrogen-bond acceptors (Lipinski definition) is 2. The Bertz CT molecular complexity index is 628. The summed E-state index contributed by atoms with van der Waals surface area (Å²) in [5.41, 5.74) is 0.953. The highest BCUT2D eigenvalue weighted by Crippen LogP contribution is 2.36. The Morgan fingerprint density at radius 3 is 2.35 bits per heavy atom. The van der Waals surface area contributed by atoms with E-state index >= 15 is 0 Å². The zero-order valence-electron chi connectivity index (χ0n) is 10.4. The van der Waals surface area contributed by atoms with E-state index in [2.05, 4.69) is 21.2 Å². The molecule has 0 saturated heterocycles. The van der Waals surface area contributed by atoms with Gasteiger partial charge in [0.1, 0.15) is 11.6 Å². The second kappa shape index (κ2) is 6.20. The number of nitrogens with one attached hydrogen (secondary N) is 1. The van der Waals surface area contributed by atoms with Crippen molar-refractivity contribution in [3.8, 4) is 5.75 Å². The van der Waals surface area contributed by atoms with E-state index in [1.54, 1.807) is 19.1 Å². The smallest absolute Gasteiger partial charge is 0.132 e. The van der Waals surface area contributed by atoms with Crippen molar-refractivity contribution in [3.63, 3.8) is 0 Å². The van der Waals surface area contributed by atoms with Crippen LogP contribution in [0, 0.1) is 5.82 Å². The maximum Gasteiger partial charge on any atom is 0.132 e. The summed E-state index contributed by atoms with van der Waals surface area (Å²) >= 11 is 15.5. The van der Waals surface area contributed by atoms with Gasteiger partial charge in [0, 0.05) is 16.1 Å². The van der Waals surface area contributed by atoms with Gasteiger partial charge in [-0.15, -0.1) is 0 Å². The molecule has 2 aromatic carbocycles. The third kappa shape index (κ3) is 3.37. The van der Waals surface area contributed by atoms with Crippen LogP contribution in [-0.2, 0) is 0 Å². The van der Waals surface area contributed by atoms with E-state index in [-0.39, 0.29) is 11.8 Å². The zero-order chi connectivity index (χ0) is 14.9. The van der Waals surface area contributed by atoms with E-state index in [9.17, 15) is 9.50 Å². The Morgan fingerprint density at radius 2 is 1.80 bits per heavy atom. The molecule has 0 fully saturated rings. The summed E-state index contributed by atoms with van der Waals surface area (Å²) in [7, 11) is 0.